The summed E-state index contributed by atoms with van der Waals surface area (Å²) in [7, 11) is 0. The third-order valence-electron chi connectivity index (χ3n) is 0.854. The van der Waals surface area contributed by atoms with E-state index in [1.165, 1.54) is 11.3 Å². The number of hydrogen-bond donors (Lipinski definition) is 1. The van der Waals surface area contributed by atoms with Crippen LogP contribution in [0.5, 0.6) is 0 Å². The van der Waals surface area contributed by atoms with E-state index in [9.17, 15) is 0 Å². The van der Waals surface area contributed by atoms with E-state index in [2.05, 4.69) is 19.6 Å². The average molecular weight is 121 g/mol. The van der Waals surface area contributed by atoms with Crippen molar-refractivity contribution in [3.8, 4) is 0 Å². The lowest BCUT2D eigenvalue weighted by atomic mass is 10.3. The van der Waals surface area contributed by atoms with Crippen molar-refractivity contribution in [1.29, 1.82) is 0 Å². The van der Waals surface area contributed by atoms with E-state index in [4.69, 9.17) is 0 Å². The molecule has 0 spiro atoms. The van der Waals surface area contributed by atoms with Gasteiger partial charge in [-0.25, -0.2) is 0 Å². The van der Waals surface area contributed by atoms with E-state index in [1.807, 2.05) is 6.92 Å². The van der Waals surface area contributed by atoms with Crippen LogP contribution in [0.4, 0.5) is 0 Å². The minimum atomic E-state index is 0. The Labute approximate surface area is 49.8 Å². The van der Waals surface area contributed by atoms with Gasteiger partial charge in [-0.05, 0) is 19.4 Å². The molecule has 6 N–H and O–H groups in total. The fraction of sp³-hybridized carbons (Fsp3) is 0.600. The van der Waals surface area contributed by atoms with E-state index >= 15 is 0 Å². The number of quaternary nitrogens is 1. The number of allylic oxidation sites excluding steroid dienone is 2. The standard InChI is InChI=1S/C5H11N.2H2O/c1-4(2)5(3)6;;/h6H2,1-3H3;2*1H2. The minimum Gasteiger partial charge on any atom is -0.870 e. The summed E-state index contributed by atoms with van der Waals surface area (Å²) < 4.78 is 0. The lowest BCUT2D eigenvalue weighted by molar-refractivity contribution is -0.303. The van der Waals surface area contributed by atoms with E-state index in [1.54, 1.807) is 0 Å². The quantitative estimate of drug-likeness (QED) is 0.461. The second kappa shape index (κ2) is 6.62. The first kappa shape index (κ1) is 15.6. The molecule has 0 aliphatic rings. The van der Waals surface area contributed by atoms with Crippen LogP contribution in [-0.2, 0) is 0 Å². The fourth-order valence-corrected chi connectivity index (χ4v) is 0. The van der Waals surface area contributed by atoms with Crippen molar-refractivity contribution in [3.05, 3.63) is 11.3 Å². The monoisotopic (exact) mass is 121 g/mol. The topological polar surface area (TPSA) is 89.1 Å². The summed E-state index contributed by atoms with van der Waals surface area (Å²) in [4.78, 5) is 0. The first-order valence-corrected chi connectivity index (χ1v) is 2.10. The highest BCUT2D eigenvalue weighted by Crippen LogP contribution is 1.88. The van der Waals surface area contributed by atoms with Crippen LogP contribution in [0.2, 0.25) is 0 Å². The zero-order chi connectivity index (χ0) is 5.15. The molecule has 0 saturated heterocycles. The Bertz CT molecular complexity index is 60.5. The Morgan fingerprint density at radius 1 is 1.12 bits per heavy atom. The van der Waals surface area contributed by atoms with E-state index in [-0.39, 0.29) is 11.0 Å². The number of rotatable bonds is 0. The van der Waals surface area contributed by atoms with Gasteiger partial charge in [-0.1, -0.05) is 0 Å². The van der Waals surface area contributed by atoms with Gasteiger partial charge in [-0.3, -0.25) is 0 Å². The largest absolute Gasteiger partial charge is 0.870 e. The van der Waals surface area contributed by atoms with E-state index in [0.717, 1.165) is 0 Å². The Morgan fingerprint density at radius 2 is 1.25 bits per heavy atom. The summed E-state index contributed by atoms with van der Waals surface area (Å²) in [5.74, 6) is 0. The Hall–Kier alpha value is -0.380. The Morgan fingerprint density at radius 3 is 1.25 bits per heavy atom. The highest BCUT2D eigenvalue weighted by Gasteiger charge is 1.81. The van der Waals surface area contributed by atoms with Gasteiger partial charge < -0.3 is 16.7 Å². The summed E-state index contributed by atoms with van der Waals surface area (Å²) in [6, 6.07) is 0. The molecule has 0 aliphatic carbocycles. The van der Waals surface area contributed by atoms with Crippen molar-refractivity contribution in [2.24, 2.45) is 0 Å². The predicted molar refractivity (Wildman–Crippen MR) is 32.5 cm³/mol. The molecule has 3 nitrogen and oxygen atoms in total. The van der Waals surface area contributed by atoms with Crippen LogP contribution < -0.4 is 5.73 Å². The first-order valence-electron chi connectivity index (χ1n) is 2.10. The maximum atomic E-state index is 3.72. The summed E-state index contributed by atoms with van der Waals surface area (Å²) in [5, 5.41) is 0. The van der Waals surface area contributed by atoms with Gasteiger partial charge in [-0.15, -0.1) is 0 Å². The van der Waals surface area contributed by atoms with Crippen LogP contribution in [0, 0.1) is 0 Å². The van der Waals surface area contributed by atoms with Gasteiger partial charge in [0.25, 0.3) is 0 Å². The van der Waals surface area contributed by atoms with Crippen LogP contribution in [-0.4, -0.2) is 11.0 Å². The van der Waals surface area contributed by atoms with Gasteiger partial charge in [0.05, 0.1) is 5.70 Å². The molecule has 0 unspecified atom stereocenters. The molecule has 0 fully saturated rings. The fourth-order valence-electron chi connectivity index (χ4n) is 0. The van der Waals surface area contributed by atoms with Crippen molar-refractivity contribution in [3.63, 3.8) is 0 Å². The van der Waals surface area contributed by atoms with Gasteiger partial charge in [0.1, 0.15) is 0 Å². The highest BCUT2D eigenvalue weighted by atomic mass is 16.0. The van der Waals surface area contributed by atoms with Crippen LogP contribution in [0.1, 0.15) is 20.8 Å². The summed E-state index contributed by atoms with van der Waals surface area (Å²) in [6.45, 7) is 6.12. The van der Waals surface area contributed by atoms with Gasteiger partial charge in [0, 0.05) is 6.92 Å². The normalized spacial score (nSPS) is 6.00. The molecule has 0 atom stereocenters. The molecule has 0 heterocycles. The first-order chi connectivity index (χ1) is 2.64. The second-order valence-corrected chi connectivity index (χ2v) is 1.78. The zero-order valence-electron chi connectivity index (χ0n) is 5.65. The Kier molecular flexibility index (Phi) is 12.9. The summed E-state index contributed by atoms with van der Waals surface area (Å²) in [5.41, 5.74) is 6.21. The van der Waals surface area contributed by atoms with Crippen molar-refractivity contribution in [1.82, 2.24) is 0 Å². The molecule has 0 aliphatic heterocycles. The summed E-state index contributed by atoms with van der Waals surface area (Å²) in [6.07, 6.45) is 0. The minimum absolute atomic E-state index is 0. The molecule has 3 heteroatoms. The highest BCUT2D eigenvalue weighted by molar-refractivity contribution is 4.95. The molecule has 0 saturated carbocycles. The lowest BCUT2D eigenvalue weighted by Crippen LogP contribution is -2.46. The third kappa shape index (κ3) is 9.15. The van der Waals surface area contributed by atoms with E-state index < -0.39 is 0 Å². The predicted octanol–water partition coefficient (Wildman–Crippen LogP) is -0.459. The smallest absolute Gasteiger partial charge is 0.0993 e. The van der Waals surface area contributed by atoms with Crippen LogP contribution >= 0.6 is 0 Å². The molecular formula is C5H15NO2. The molecule has 52 valence electrons. The molecule has 0 rings (SSSR count). The van der Waals surface area contributed by atoms with Crippen LogP contribution in [0.3, 0.4) is 0 Å². The van der Waals surface area contributed by atoms with Gasteiger partial charge in [0.2, 0.25) is 0 Å². The maximum absolute atomic E-state index is 3.72. The van der Waals surface area contributed by atoms with Gasteiger partial charge in [-0.2, -0.15) is 0 Å². The summed E-state index contributed by atoms with van der Waals surface area (Å²) >= 11 is 0. The molecule has 0 aromatic heterocycles. The molecule has 0 aromatic rings. The van der Waals surface area contributed by atoms with Crippen molar-refractivity contribution in [2.45, 2.75) is 20.8 Å². The molecule has 8 heavy (non-hydrogen) atoms. The van der Waals surface area contributed by atoms with Crippen molar-refractivity contribution >= 4 is 0 Å². The molecule has 0 bridgehead atoms. The zero-order valence-corrected chi connectivity index (χ0v) is 5.65. The van der Waals surface area contributed by atoms with Crippen molar-refractivity contribution in [2.75, 3.05) is 0 Å². The van der Waals surface area contributed by atoms with Crippen LogP contribution in [0.25, 0.3) is 0 Å². The molecule has 0 amide bonds. The third-order valence-corrected chi connectivity index (χ3v) is 0.854. The SMILES string of the molecule is CC(C)=C(C)[NH3+].O.[OH-]. The molecule has 0 aromatic carbocycles. The van der Waals surface area contributed by atoms with Crippen molar-refractivity contribution < 1.29 is 16.7 Å². The average Bonchev–Trinajstić information content (AvgIpc) is 1.36. The molecule has 0 radical (unpaired) electrons. The van der Waals surface area contributed by atoms with Crippen LogP contribution in [0.15, 0.2) is 11.3 Å². The van der Waals surface area contributed by atoms with Gasteiger partial charge >= 0.3 is 0 Å². The maximum Gasteiger partial charge on any atom is 0.0993 e. The molecular weight excluding hydrogens is 106 g/mol. The van der Waals surface area contributed by atoms with Gasteiger partial charge in [0.15, 0.2) is 0 Å². The van der Waals surface area contributed by atoms with E-state index in [0.29, 0.717) is 0 Å². The second-order valence-electron chi connectivity index (χ2n) is 1.78. The Balaban J connectivity index is -0.000000125. The lowest BCUT2D eigenvalue weighted by Gasteiger charge is -1.83. The number of hydrogen-bond acceptors (Lipinski definition) is 1.